The van der Waals surface area contributed by atoms with Gasteiger partial charge in [-0.1, -0.05) is 12.8 Å². The van der Waals surface area contributed by atoms with Crippen molar-refractivity contribution in [2.24, 2.45) is 5.92 Å². The molecule has 1 heterocycles. The fourth-order valence-electron chi connectivity index (χ4n) is 4.02. The third-order valence-electron chi connectivity index (χ3n) is 5.49. The molecule has 3 rings (SSSR count). The van der Waals surface area contributed by atoms with Gasteiger partial charge in [0.25, 0.3) is 11.6 Å². The second-order valence-corrected chi connectivity index (χ2v) is 7.88. The van der Waals surface area contributed by atoms with Crippen LogP contribution in [0.1, 0.15) is 49.9 Å². The highest BCUT2D eigenvalue weighted by Gasteiger charge is 2.31. The summed E-state index contributed by atoms with van der Waals surface area (Å²) in [6, 6.07) is 4.55. The van der Waals surface area contributed by atoms with Crippen LogP contribution in [0.15, 0.2) is 18.2 Å². The Labute approximate surface area is 165 Å². The second kappa shape index (κ2) is 8.58. The molecule has 152 valence electrons. The predicted octanol–water partition coefficient (Wildman–Crippen LogP) is 2.57. The molecule has 1 aliphatic heterocycles. The van der Waals surface area contributed by atoms with E-state index in [4.69, 9.17) is 0 Å². The minimum atomic E-state index is -0.447. The van der Waals surface area contributed by atoms with Gasteiger partial charge in [-0.05, 0) is 38.8 Å². The van der Waals surface area contributed by atoms with Gasteiger partial charge >= 0.3 is 0 Å². The Kier molecular flexibility index (Phi) is 6.16. The van der Waals surface area contributed by atoms with Crippen LogP contribution in [0.2, 0.25) is 0 Å². The quantitative estimate of drug-likeness (QED) is 0.618. The first-order chi connectivity index (χ1) is 13.4. The summed E-state index contributed by atoms with van der Waals surface area (Å²) in [4.78, 5) is 39.7. The molecule has 0 atom stereocenters. The number of rotatable bonds is 5. The lowest BCUT2D eigenvalue weighted by Gasteiger charge is -2.37. The molecule has 1 aromatic carbocycles. The van der Waals surface area contributed by atoms with Gasteiger partial charge in [-0.25, -0.2) is 0 Å². The van der Waals surface area contributed by atoms with Gasteiger partial charge in [-0.2, -0.15) is 0 Å². The summed E-state index contributed by atoms with van der Waals surface area (Å²) in [6.07, 6.45) is 4.20. The first-order valence-electron chi connectivity index (χ1n) is 10.00. The summed E-state index contributed by atoms with van der Waals surface area (Å²) in [5, 5.41) is 14.3. The average Bonchev–Trinajstić information content (AvgIpc) is 3.21. The number of benzene rings is 1. The molecule has 2 amide bonds. The zero-order chi connectivity index (χ0) is 20.3. The van der Waals surface area contributed by atoms with Gasteiger partial charge in [0.2, 0.25) is 5.91 Å². The van der Waals surface area contributed by atoms with Gasteiger partial charge in [0.1, 0.15) is 5.69 Å². The fraction of sp³-hybridized carbons (Fsp3) is 0.600. The van der Waals surface area contributed by atoms with Crippen LogP contribution < -0.4 is 10.2 Å². The largest absolute Gasteiger partial charge is 0.362 e. The van der Waals surface area contributed by atoms with Gasteiger partial charge in [0.05, 0.1) is 4.92 Å². The molecule has 0 unspecified atom stereocenters. The van der Waals surface area contributed by atoms with Crippen molar-refractivity contribution < 1.29 is 14.5 Å². The lowest BCUT2D eigenvalue weighted by molar-refractivity contribution is -0.384. The van der Waals surface area contributed by atoms with Crippen molar-refractivity contribution in [3.05, 3.63) is 33.9 Å². The zero-order valence-corrected chi connectivity index (χ0v) is 16.5. The zero-order valence-electron chi connectivity index (χ0n) is 16.5. The van der Waals surface area contributed by atoms with E-state index in [9.17, 15) is 19.7 Å². The molecule has 2 aliphatic rings. The van der Waals surface area contributed by atoms with Crippen LogP contribution in [0.3, 0.4) is 0 Å². The summed E-state index contributed by atoms with van der Waals surface area (Å²) < 4.78 is 0. The lowest BCUT2D eigenvalue weighted by Crippen LogP contribution is -2.50. The molecule has 1 saturated carbocycles. The first-order valence-corrected chi connectivity index (χ1v) is 10.00. The number of nitrogens with one attached hydrogen (secondary N) is 1. The number of piperazine rings is 1. The van der Waals surface area contributed by atoms with Crippen LogP contribution in [0.5, 0.6) is 0 Å². The van der Waals surface area contributed by atoms with E-state index >= 15 is 0 Å². The van der Waals surface area contributed by atoms with E-state index in [-0.39, 0.29) is 35.0 Å². The van der Waals surface area contributed by atoms with E-state index in [0.717, 1.165) is 25.7 Å². The molecule has 0 aromatic heterocycles. The number of carbonyl (C=O) groups is 2. The molecule has 1 aliphatic carbocycles. The second-order valence-electron chi connectivity index (χ2n) is 7.88. The number of nitrogens with zero attached hydrogens (tertiary/aromatic N) is 3. The molecule has 8 nitrogen and oxygen atoms in total. The van der Waals surface area contributed by atoms with E-state index < -0.39 is 4.92 Å². The van der Waals surface area contributed by atoms with Crippen molar-refractivity contribution in [2.45, 2.75) is 45.6 Å². The molecule has 0 spiro atoms. The van der Waals surface area contributed by atoms with Gasteiger partial charge < -0.3 is 15.1 Å². The van der Waals surface area contributed by atoms with Crippen molar-refractivity contribution in [2.75, 3.05) is 31.1 Å². The number of nitro benzene ring substituents is 1. The van der Waals surface area contributed by atoms with Gasteiger partial charge in [-0.15, -0.1) is 0 Å². The highest BCUT2D eigenvalue weighted by molar-refractivity contribution is 5.96. The van der Waals surface area contributed by atoms with E-state index in [0.29, 0.717) is 31.9 Å². The molecular formula is C20H28N4O4. The predicted molar refractivity (Wildman–Crippen MR) is 106 cm³/mol. The summed E-state index contributed by atoms with van der Waals surface area (Å²) in [5.74, 6) is 0.0589. The highest BCUT2D eigenvalue weighted by Crippen LogP contribution is 2.31. The Bertz CT molecular complexity index is 751. The smallest absolute Gasteiger partial charge is 0.293 e. The number of anilines is 1. The molecule has 0 bridgehead atoms. The molecule has 2 fully saturated rings. The first kappa shape index (κ1) is 20.1. The highest BCUT2D eigenvalue weighted by atomic mass is 16.6. The van der Waals surface area contributed by atoms with E-state index in [1.807, 2.05) is 23.6 Å². The van der Waals surface area contributed by atoms with Gasteiger partial charge in [0, 0.05) is 49.8 Å². The summed E-state index contributed by atoms with van der Waals surface area (Å²) in [5.41, 5.74) is 0.699. The maximum absolute atomic E-state index is 12.6. The van der Waals surface area contributed by atoms with E-state index in [2.05, 4.69) is 5.32 Å². The minimum Gasteiger partial charge on any atom is -0.362 e. The molecule has 1 saturated heterocycles. The lowest BCUT2D eigenvalue weighted by atomic mass is 10.1. The Morgan fingerprint density at radius 1 is 1.14 bits per heavy atom. The van der Waals surface area contributed by atoms with Crippen molar-refractivity contribution in [1.29, 1.82) is 0 Å². The SMILES string of the molecule is CC(C)NC(=O)c1ccc(N2CCN(C(=O)C3CCCC3)CC2)c([N+](=O)[O-])c1. The summed E-state index contributed by atoms with van der Waals surface area (Å²) >= 11 is 0. The Morgan fingerprint density at radius 2 is 1.79 bits per heavy atom. The van der Waals surface area contributed by atoms with Crippen LogP contribution in [0.4, 0.5) is 11.4 Å². The summed E-state index contributed by atoms with van der Waals surface area (Å²) in [7, 11) is 0. The van der Waals surface area contributed by atoms with Gasteiger partial charge in [-0.3, -0.25) is 19.7 Å². The standard InChI is InChI=1S/C20H28N4O4/c1-14(2)21-19(25)16-7-8-17(18(13-16)24(27)28)22-9-11-23(12-10-22)20(26)15-5-3-4-6-15/h7-8,13-15H,3-6,9-12H2,1-2H3,(H,21,25). The number of nitro groups is 1. The topological polar surface area (TPSA) is 95.8 Å². The van der Waals surface area contributed by atoms with Crippen LogP contribution >= 0.6 is 0 Å². The van der Waals surface area contributed by atoms with Crippen molar-refractivity contribution in [3.8, 4) is 0 Å². The van der Waals surface area contributed by atoms with E-state index in [1.165, 1.54) is 6.07 Å². The van der Waals surface area contributed by atoms with Crippen LogP contribution in [0.25, 0.3) is 0 Å². The monoisotopic (exact) mass is 388 g/mol. The van der Waals surface area contributed by atoms with Gasteiger partial charge in [0.15, 0.2) is 0 Å². The van der Waals surface area contributed by atoms with E-state index in [1.54, 1.807) is 12.1 Å². The molecule has 8 heteroatoms. The molecular weight excluding hydrogens is 360 g/mol. The summed E-state index contributed by atoms with van der Waals surface area (Å²) in [6.45, 7) is 5.93. The molecule has 28 heavy (non-hydrogen) atoms. The van der Waals surface area contributed by atoms with Crippen LogP contribution in [-0.2, 0) is 4.79 Å². The number of hydrogen-bond donors (Lipinski definition) is 1. The fourth-order valence-corrected chi connectivity index (χ4v) is 4.02. The normalized spacial score (nSPS) is 17.8. The average molecular weight is 388 g/mol. The van der Waals surface area contributed by atoms with Crippen LogP contribution in [-0.4, -0.2) is 53.9 Å². The molecule has 1 aromatic rings. The maximum atomic E-state index is 12.6. The maximum Gasteiger partial charge on any atom is 0.293 e. The minimum absolute atomic E-state index is 0.0447. The Hall–Kier alpha value is -2.64. The van der Waals surface area contributed by atoms with Crippen molar-refractivity contribution in [3.63, 3.8) is 0 Å². The third kappa shape index (κ3) is 4.43. The molecule has 0 radical (unpaired) electrons. The Morgan fingerprint density at radius 3 is 2.36 bits per heavy atom. The van der Waals surface area contributed by atoms with Crippen molar-refractivity contribution in [1.82, 2.24) is 10.2 Å². The number of hydrogen-bond acceptors (Lipinski definition) is 5. The van der Waals surface area contributed by atoms with Crippen LogP contribution in [0, 0.1) is 16.0 Å². The number of carbonyl (C=O) groups excluding carboxylic acids is 2. The number of amides is 2. The third-order valence-corrected chi connectivity index (χ3v) is 5.49. The Balaban J connectivity index is 1.70. The molecule has 1 N–H and O–H groups in total. The van der Waals surface area contributed by atoms with Crippen molar-refractivity contribution >= 4 is 23.2 Å².